The van der Waals surface area contributed by atoms with E-state index in [2.05, 4.69) is 102 Å². The van der Waals surface area contributed by atoms with Crippen LogP contribution in [0.5, 0.6) is 0 Å². The molecular formula is C30H27NO. The van der Waals surface area contributed by atoms with Gasteiger partial charge in [-0.15, -0.1) is 0 Å². The summed E-state index contributed by atoms with van der Waals surface area (Å²) in [4.78, 5) is 13.3. The SMILES string of the molecule is O=Cc1ccc(C2CCCC2c2ccc(N(c3ccccc3)c3ccccc3)cc2)cc1. The first kappa shape index (κ1) is 20.3. The Morgan fingerprint density at radius 3 is 1.47 bits per heavy atom. The lowest BCUT2D eigenvalue weighted by atomic mass is 9.84. The molecule has 32 heavy (non-hydrogen) atoms. The minimum atomic E-state index is 0.515. The summed E-state index contributed by atoms with van der Waals surface area (Å²) in [6.07, 6.45) is 4.57. The highest BCUT2D eigenvalue weighted by atomic mass is 16.1. The smallest absolute Gasteiger partial charge is 0.150 e. The Morgan fingerprint density at radius 1 is 0.562 bits per heavy atom. The minimum absolute atomic E-state index is 0.515. The van der Waals surface area contributed by atoms with Crippen molar-refractivity contribution >= 4 is 23.3 Å². The zero-order valence-electron chi connectivity index (χ0n) is 18.1. The van der Waals surface area contributed by atoms with Crippen molar-refractivity contribution in [2.45, 2.75) is 31.1 Å². The van der Waals surface area contributed by atoms with Gasteiger partial charge in [-0.1, -0.05) is 79.2 Å². The Bertz CT molecular complexity index is 1110. The summed E-state index contributed by atoms with van der Waals surface area (Å²) in [6.45, 7) is 0. The summed E-state index contributed by atoms with van der Waals surface area (Å²) in [7, 11) is 0. The predicted molar refractivity (Wildman–Crippen MR) is 132 cm³/mol. The maximum Gasteiger partial charge on any atom is 0.150 e. The van der Waals surface area contributed by atoms with Gasteiger partial charge in [0.25, 0.3) is 0 Å². The number of aldehydes is 1. The van der Waals surface area contributed by atoms with Gasteiger partial charge in [0.05, 0.1) is 0 Å². The molecule has 5 rings (SSSR count). The van der Waals surface area contributed by atoms with Crippen LogP contribution in [0.2, 0.25) is 0 Å². The fourth-order valence-corrected chi connectivity index (χ4v) is 5.05. The first-order valence-corrected chi connectivity index (χ1v) is 11.4. The van der Waals surface area contributed by atoms with Crippen molar-refractivity contribution in [1.29, 1.82) is 0 Å². The number of hydrogen-bond donors (Lipinski definition) is 0. The van der Waals surface area contributed by atoms with Crippen molar-refractivity contribution in [2.75, 3.05) is 4.90 Å². The average Bonchev–Trinajstić information content (AvgIpc) is 3.36. The third-order valence-electron chi connectivity index (χ3n) is 6.62. The monoisotopic (exact) mass is 417 g/mol. The van der Waals surface area contributed by atoms with Gasteiger partial charge in [0, 0.05) is 22.6 Å². The normalized spacial score (nSPS) is 17.8. The molecule has 2 unspecified atom stereocenters. The number of anilines is 3. The molecule has 0 N–H and O–H groups in total. The van der Waals surface area contributed by atoms with Crippen LogP contribution >= 0.6 is 0 Å². The number of hydrogen-bond acceptors (Lipinski definition) is 2. The molecule has 2 atom stereocenters. The summed E-state index contributed by atoms with van der Waals surface area (Å²) in [6, 6.07) is 38.3. The lowest BCUT2D eigenvalue weighted by molar-refractivity contribution is 0.112. The van der Waals surface area contributed by atoms with Crippen LogP contribution in [0.25, 0.3) is 0 Å². The molecule has 0 heterocycles. The quantitative estimate of drug-likeness (QED) is 0.296. The summed E-state index contributed by atoms with van der Waals surface area (Å²) < 4.78 is 0. The molecule has 2 nitrogen and oxygen atoms in total. The molecule has 0 amide bonds. The second kappa shape index (κ2) is 9.23. The van der Waals surface area contributed by atoms with Crippen molar-refractivity contribution in [3.05, 3.63) is 126 Å². The Labute approximate surface area is 190 Å². The van der Waals surface area contributed by atoms with Crippen LogP contribution < -0.4 is 4.90 Å². The van der Waals surface area contributed by atoms with Gasteiger partial charge in [-0.05, 0) is 72.2 Å². The second-order valence-corrected chi connectivity index (χ2v) is 8.53. The molecule has 0 saturated heterocycles. The molecule has 0 aromatic heterocycles. The third-order valence-corrected chi connectivity index (χ3v) is 6.62. The fraction of sp³-hybridized carbons (Fsp3) is 0.167. The van der Waals surface area contributed by atoms with Crippen molar-refractivity contribution in [2.24, 2.45) is 0 Å². The van der Waals surface area contributed by atoms with Gasteiger partial charge in [-0.25, -0.2) is 0 Å². The van der Waals surface area contributed by atoms with E-state index in [1.807, 2.05) is 12.1 Å². The van der Waals surface area contributed by atoms with Gasteiger partial charge in [-0.2, -0.15) is 0 Å². The van der Waals surface area contributed by atoms with Crippen LogP contribution in [-0.2, 0) is 0 Å². The molecule has 0 aliphatic heterocycles. The van der Waals surface area contributed by atoms with Crippen molar-refractivity contribution in [1.82, 2.24) is 0 Å². The maximum atomic E-state index is 11.0. The Hall–Kier alpha value is -3.65. The molecular weight excluding hydrogens is 390 g/mol. The lowest BCUT2D eigenvalue weighted by Gasteiger charge is -2.26. The van der Waals surface area contributed by atoms with Gasteiger partial charge in [0.15, 0.2) is 0 Å². The van der Waals surface area contributed by atoms with E-state index in [9.17, 15) is 4.79 Å². The van der Waals surface area contributed by atoms with Gasteiger partial charge in [0.2, 0.25) is 0 Å². The zero-order valence-corrected chi connectivity index (χ0v) is 18.1. The molecule has 0 radical (unpaired) electrons. The van der Waals surface area contributed by atoms with Crippen molar-refractivity contribution in [3.63, 3.8) is 0 Å². The lowest BCUT2D eigenvalue weighted by Crippen LogP contribution is -2.10. The highest BCUT2D eigenvalue weighted by Crippen LogP contribution is 2.46. The number of benzene rings is 4. The van der Waals surface area contributed by atoms with Crippen molar-refractivity contribution in [3.8, 4) is 0 Å². The predicted octanol–water partition coefficient (Wildman–Crippen LogP) is 8.02. The summed E-state index contributed by atoms with van der Waals surface area (Å²) in [5.74, 6) is 1.04. The van der Waals surface area contributed by atoms with E-state index in [-0.39, 0.29) is 0 Å². The van der Waals surface area contributed by atoms with Gasteiger partial charge < -0.3 is 4.90 Å². The summed E-state index contributed by atoms with van der Waals surface area (Å²) in [5.41, 5.74) is 6.96. The Morgan fingerprint density at radius 2 is 1.00 bits per heavy atom. The largest absolute Gasteiger partial charge is 0.311 e. The molecule has 1 aliphatic rings. The first-order chi connectivity index (χ1) is 15.8. The van der Waals surface area contributed by atoms with E-state index in [1.165, 1.54) is 30.4 Å². The van der Waals surface area contributed by atoms with E-state index in [1.54, 1.807) is 0 Å². The van der Waals surface area contributed by atoms with Crippen LogP contribution in [0.15, 0.2) is 109 Å². The number of carbonyl (C=O) groups excluding carboxylic acids is 1. The molecule has 1 saturated carbocycles. The third kappa shape index (κ3) is 4.09. The summed E-state index contributed by atoms with van der Waals surface area (Å²) in [5, 5.41) is 0. The topological polar surface area (TPSA) is 20.3 Å². The van der Waals surface area contributed by atoms with Crippen LogP contribution in [-0.4, -0.2) is 6.29 Å². The van der Waals surface area contributed by atoms with E-state index < -0.39 is 0 Å². The maximum absolute atomic E-state index is 11.0. The zero-order chi connectivity index (χ0) is 21.8. The second-order valence-electron chi connectivity index (χ2n) is 8.53. The van der Waals surface area contributed by atoms with E-state index in [4.69, 9.17) is 0 Å². The molecule has 0 spiro atoms. The van der Waals surface area contributed by atoms with Gasteiger partial charge >= 0.3 is 0 Å². The molecule has 1 aliphatic carbocycles. The van der Waals surface area contributed by atoms with Crippen LogP contribution in [0.1, 0.15) is 52.6 Å². The first-order valence-electron chi connectivity index (χ1n) is 11.4. The Balaban J connectivity index is 1.45. The van der Waals surface area contributed by atoms with E-state index >= 15 is 0 Å². The number of nitrogens with zero attached hydrogens (tertiary/aromatic N) is 1. The van der Waals surface area contributed by atoms with Crippen LogP contribution in [0.4, 0.5) is 17.1 Å². The molecule has 4 aromatic rings. The number of para-hydroxylation sites is 2. The molecule has 158 valence electrons. The van der Waals surface area contributed by atoms with Crippen LogP contribution in [0, 0.1) is 0 Å². The number of carbonyl (C=O) groups is 1. The molecule has 1 fully saturated rings. The van der Waals surface area contributed by atoms with E-state index in [0.717, 1.165) is 28.9 Å². The summed E-state index contributed by atoms with van der Waals surface area (Å²) >= 11 is 0. The van der Waals surface area contributed by atoms with Gasteiger partial charge in [0.1, 0.15) is 6.29 Å². The highest BCUT2D eigenvalue weighted by Gasteiger charge is 2.30. The highest BCUT2D eigenvalue weighted by molar-refractivity contribution is 5.76. The molecule has 4 aromatic carbocycles. The Kier molecular flexibility index (Phi) is 5.85. The molecule has 0 bridgehead atoms. The van der Waals surface area contributed by atoms with Crippen LogP contribution in [0.3, 0.4) is 0 Å². The van der Waals surface area contributed by atoms with E-state index in [0.29, 0.717) is 11.8 Å². The minimum Gasteiger partial charge on any atom is -0.311 e. The standard InChI is InChI=1S/C30H27NO/c32-22-23-14-16-24(17-15-23)29-12-7-13-30(29)25-18-20-28(21-19-25)31(26-8-3-1-4-9-26)27-10-5-2-6-11-27/h1-6,8-11,14-22,29-30H,7,12-13H2. The average molecular weight is 418 g/mol. The van der Waals surface area contributed by atoms with Gasteiger partial charge in [-0.3, -0.25) is 4.79 Å². The van der Waals surface area contributed by atoms with Crippen molar-refractivity contribution < 1.29 is 4.79 Å². The fourth-order valence-electron chi connectivity index (χ4n) is 5.05. The number of rotatable bonds is 6. The molecule has 2 heteroatoms.